The molecule has 1 aromatic carbocycles. The molecule has 5 nitrogen and oxygen atoms in total. The Bertz CT molecular complexity index is 599. The minimum absolute atomic E-state index is 0.129. The molecule has 2 fully saturated rings. The SMILES string of the molecule is NC(=O)[C@@H]1CCCN1C1CCN(C(=O)c2cccc(F)c2)CC1. The van der Waals surface area contributed by atoms with E-state index in [1.54, 1.807) is 17.0 Å². The molecule has 2 aliphatic heterocycles. The number of benzene rings is 1. The topological polar surface area (TPSA) is 66.6 Å². The Morgan fingerprint density at radius 1 is 1.13 bits per heavy atom. The van der Waals surface area contributed by atoms with Crippen molar-refractivity contribution in [1.82, 2.24) is 9.80 Å². The average molecular weight is 319 g/mol. The van der Waals surface area contributed by atoms with Crippen LogP contribution in [0.1, 0.15) is 36.0 Å². The van der Waals surface area contributed by atoms with Gasteiger partial charge in [0.15, 0.2) is 0 Å². The zero-order valence-corrected chi connectivity index (χ0v) is 13.1. The third-order valence-electron chi connectivity index (χ3n) is 4.91. The Kier molecular flexibility index (Phi) is 4.61. The number of nitrogens with two attached hydrogens (primary N) is 1. The fourth-order valence-electron chi connectivity index (χ4n) is 3.74. The number of likely N-dealkylation sites (tertiary alicyclic amines) is 2. The van der Waals surface area contributed by atoms with Crippen molar-refractivity contribution >= 4 is 11.8 Å². The quantitative estimate of drug-likeness (QED) is 0.915. The van der Waals surface area contributed by atoms with Crippen LogP contribution in [0.2, 0.25) is 0 Å². The van der Waals surface area contributed by atoms with Crippen LogP contribution in [-0.2, 0) is 4.79 Å². The van der Waals surface area contributed by atoms with Gasteiger partial charge in [-0.25, -0.2) is 4.39 Å². The number of carbonyl (C=O) groups excluding carboxylic acids is 2. The number of piperidine rings is 1. The zero-order valence-electron chi connectivity index (χ0n) is 13.1. The van der Waals surface area contributed by atoms with Crippen LogP contribution in [0.3, 0.4) is 0 Å². The molecule has 2 N–H and O–H groups in total. The number of rotatable bonds is 3. The maximum Gasteiger partial charge on any atom is 0.253 e. The first-order valence-electron chi connectivity index (χ1n) is 8.16. The van der Waals surface area contributed by atoms with Crippen molar-refractivity contribution in [2.24, 2.45) is 5.73 Å². The molecule has 6 heteroatoms. The third-order valence-corrected chi connectivity index (χ3v) is 4.91. The molecule has 1 aromatic rings. The lowest BCUT2D eigenvalue weighted by molar-refractivity contribution is -0.123. The highest BCUT2D eigenvalue weighted by molar-refractivity contribution is 5.94. The number of carbonyl (C=O) groups is 2. The lowest BCUT2D eigenvalue weighted by Gasteiger charge is -2.38. The second-order valence-corrected chi connectivity index (χ2v) is 6.33. The number of halogens is 1. The summed E-state index contributed by atoms with van der Waals surface area (Å²) in [7, 11) is 0. The Hall–Kier alpha value is -1.95. The standard InChI is InChI=1S/C17H22FN3O2/c18-13-4-1-3-12(11-13)17(23)20-9-6-14(7-10-20)21-8-2-5-15(21)16(19)22/h1,3-4,11,14-15H,2,5-10H2,(H2,19,22)/t15-/m0/s1. The summed E-state index contributed by atoms with van der Waals surface area (Å²) in [6, 6.07) is 5.94. The molecule has 2 heterocycles. The summed E-state index contributed by atoms with van der Waals surface area (Å²) in [6.07, 6.45) is 3.48. The molecule has 0 aliphatic carbocycles. The van der Waals surface area contributed by atoms with E-state index in [0.29, 0.717) is 24.7 Å². The first-order chi connectivity index (χ1) is 11.1. The number of hydrogen-bond donors (Lipinski definition) is 1. The van der Waals surface area contributed by atoms with Gasteiger partial charge in [0.25, 0.3) is 5.91 Å². The zero-order chi connectivity index (χ0) is 16.4. The Balaban J connectivity index is 1.60. The van der Waals surface area contributed by atoms with E-state index in [1.807, 2.05) is 0 Å². The highest BCUT2D eigenvalue weighted by Gasteiger charge is 2.36. The normalized spacial score (nSPS) is 23.2. The van der Waals surface area contributed by atoms with E-state index in [2.05, 4.69) is 4.90 Å². The van der Waals surface area contributed by atoms with E-state index in [-0.39, 0.29) is 17.9 Å². The molecule has 0 saturated carbocycles. The largest absolute Gasteiger partial charge is 0.368 e. The smallest absolute Gasteiger partial charge is 0.253 e. The van der Waals surface area contributed by atoms with E-state index >= 15 is 0 Å². The minimum Gasteiger partial charge on any atom is -0.368 e. The van der Waals surface area contributed by atoms with Crippen molar-refractivity contribution in [3.63, 3.8) is 0 Å². The molecule has 3 rings (SSSR count). The molecule has 0 spiro atoms. The van der Waals surface area contributed by atoms with Crippen molar-refractivity contribution in [2.75, 3.05) is 19.6 Å². The van der Waals surface area contributed by atoms with Gasteiger partial charge in [0.1, 0.15) is 5.82 Å². The van der Waals surface area contributed by atoms with E-state index in [1.165, 1.54) is 12.1 Å². The fraction of sp³-hybridized carbons (Fsp3) is 0.529. The van der Waals surface area contributed by atoms with Crippen molar-refractivity contribution in [3.05, 3.63) is 35.6 Å². The first kappa shape index (κ1) is 15.9. The van der Waals surface area contributed by atoms with Crippen LogP contribution >= 0.6 is 0 Å². The predicted molar refractivity (Wildman–Crippen MR) is 84.2 cm³/mol. The molecule has 2 saturated heterocycles. The van der Waals surface area contributed by atoms with Crippen LogP contribution < -0.4 is 5.73 Å². The summed E-state index contributed by atoms with van der Waals surface area (Å²) in [5.41, 5.74) is 5.87. The van der Waals surface area contributed by atoms with Gasteiger partial charge in [-0.2, -0.15) is 0 Å². The minimum atomic E-state index is -0.396. The van der Waals surface area contributed by atoms with Crippen LogP contribution in [0.5, 0.6) is 0 Å². The van der Waals surface area contributed by atoms with Gasteiger partial charge in [0.05, 0.1) is 6.04 Å². The summed E-state index contributed by atoms with van der Waals surface area (Å²) in [4.78, 5) is 27.9. The molecule has 1 atom stereocenters. The number of amides is 2. The Labute approximate surface area is 135 Å². The van der Waals surface area contributed by atoms with Gasteiger partial charge in [0, 0.05) is 24.7 Å². The van der Waals surface area contributed by atoms with Gasteiger partial charge in [0.2, 0.25) is 5.91 Å². The van der Waals surface area contributed by atoms with Gasteiger partial charge in [-0.1, -0.05) is 6.07 Å². The number of nitrogens with zero attached hydrogens (tertiary/aromatic N) is 2. The van der Waals surface area contributed by atoms with Gasteiger partial charge in [-0.15, -0.1) is 0 Å². The molecular weight excluding hydrogens is 297 g/mol. The molecule has 23 heavy (non-hydrogen) atoms. The summed E-state index contributed by atoms with van der Waals surface area (Å²) < 4.78 is 13.3. The summed E-state index contributed by atoms with van der Waals surface area (Å²) in [5, 5.41) is 0. The maximum atomic E-state index is 13.3. The first-order valence-corrected chi connectivity index (χ1v) is 8.16. The highest BCUT2D eigenvalue weighted by Crippen LogP contribution is 2.26. The molecule has 2 aliphatic rings. The van der Waals surface area contributed by atoms with Crippen molar-refractivity contribution < 1.29 is 14.0 Å². The third kappa shape index (κ3) is 3.37. The highest BCUT2D eigenvalue weighted by atomic mass is 19.1. The Morgan fingerprint density at radius 2 is 1.87 bits per heavy atom. The van der Waals surface area contributed by atoms with Crippen LogP contribution in [0, 0.1) is 5.82 Å². The summed E-state index contributed by atoms with van der Waals surface area (Å²) in [6.45, 7) is 2.15. The number of hydrogen-bond acceptors (Lipinski definition) is 3. The molecule has 0 unspecified atom stereocenters. The van der Waals surface area contributed by atoms with Gasteiger partial charge < -0.3 is 10.6 Å². The molecule has 124 valence electrons. The van der Waals surface area contributed by atoms with Crippen LogP contribution in [0.4, 0.5) is 4.39 Å². The van der Waals surface area contributed by atoms with E-state index < -0.39 is 5.82 Å². The van der Waals surface area contributed by atoms with Gasteiger partial charge in [-0.3, -0.25) is 14.5 Å². The molecule has 0 radical (unpaired) electrons. The molecule has 2 amide bonds. The second-order valence-electron chi connectivity index (χ2n) is 6.33. The molecule has 0 aromatic heterocycles. The summed E-state index contributed by atoms with van der Waals surface area (Å²) >= 11 is 0. The monoisotopic (exact) mass is 319 g/mol. The van der Waals surface area contributed by atoms with E-state index in [0.717, 1.165) is 32.2 Å². The summed E-state index contributed by atoms with van der Waals surface area (Å²) in [5.74, 6) is -0.774. The van der Waals surface area contributed by atoms with Crippen molar-refractivity contribution in [2.45, 2.75) is 37.8 Å². The molecule has 0 bridgehead atoms. The lowest BCUT2D eigenvalue weighted by Crippen LogP contribution is -2.51. The average Bonchev–Trinajstić information content (AvgIpc) is 3.04. The lowest BCUT2D eigenvalue weighted by atomic mass is 10.0. The van der Waals surface area contributed by atoms with Crippen LogP contribution in [0.25, 0.3) is 0 Å². The van der Waals surface area contributed by atoms with Gasteiger partial charge in [-0.05, 0) is 50.4 Å². The van der Waals surface area contributed by atoms with E-state index in [4.69, 9.17) is 5.73 Å². The van der Waals surface area contributed by atoms with E-state index in [9.17, 15) is 14.0 Å². The predicted octanol–water partition coefficient (Wildman–Crippen LogP) is 1.38. The van der Waals surface area contributed by atoms with Crippen LogP contribution in [0.15, 0.2) is 24.3 Å². The van der Waals surface area contributed by atoms with Crippen molar-refractivity contribution in [3.8, 4) is 0 Å². The molecular formula is C17H22FN3O2. The van der Waals surface area contributed by atoms with Crippen molar-refractivity contribution in [1.29, 1.82) is 0 Å². The fourth-order valence-corrected chi connectivity index (χ4v) is 3.74. The number of primary amides is 1. The van der Waals surface area contributed by atoms with Gasteiger partial charge >= 0.3 is 0 Å². The maximum absolute atomic E-state index is 13.3. The van der Waals surface area contributed by atoms with Crippen LogP contribution in [-0.4, -0.2) is 53.3 Å². The Morgan fingerprint density at radius 3 is 2.52 bits per heavy atom. The second kappa shape index (κ2) is 6.66.